The van der Waals surface area contributed by atoms with Crippen molar-refractivity contribution in [2.24, 2.45) is 5.73 Å². The van der Waals surface area contributed by atoms with Gasteiger partial charge in [0.25, 0.3) is 0 Å². The number of rotatable bonds is 5. The van der Waals surface area contributed by atoms with Crippen LogP contribution in [0.4, 0.5) is 5.69 Å². The highest BCUT2D eigenvalue weighted by Gasteiger charge is 2.17. The molecule has 1 aromatic rings. The smallest absolute Gasteiger partial charge is 0.0414 e. The summed E-state index contributed by atoms with van der Waals surface area (Å²) < 4.78 is 0. The van der Waals surface area contributed by atoms with Crippen LogP contribution in [-0.2, 0) is 0 Å². The lowest BCUT2D eigenvalue weighted by Gasteiger charge is -2.32. The second-order valence-electron chi connectivity index (χ2n) is 5.36. The summed E-state index contributed by atoms with van der Waals surface area (Å²) in [5.41, 5.74) is 9.08. The third-order valence-corrected chi connectivity index (χ3v) is 3.90. The summed E-state index contributed by atoms with van der Waals surface area (Å²) in [6.07, 6.45) is 7.55. The Balaban J connectivity index is 2.13. The number of hydrogen-bond acceptors (Lipinski definition) is 2. The summed E-state index contributed by atoms with van der Waals surface area (Å²) in [6.45, 7) is 4.61. The molecule has 2 nitrogen and oxygen atoms in total. The van der Waals surface area contributed by atoms with Crippen molar-refractivity contribution in [3.8, 4) is 0 Å². The highest BCUT2D eigenvalue weighted by molar-refractivity contribution is 5.55. The largest absolute Gasteiger partial charge is 0.371 e. The second kappa shape index (κ2) is 6.79. The lowest BCUT2D eigenvalue weighted by Crippen LogP contribution is -2.31. The minimum atomic E-state index is 0.197. The number of piperidine rings is 1. The Morgan fingerprint density at radius 2 is 1.89 bits per heavy atom. The normalized spacial score (nSPS) is 17.8. The summed E-state index contributed by atoms with van der Waals surface area (Å²) in [5.74, 6) is 0. The van der Waals surface area contributed by atoms with Crippen LogP contribution in [0.15, 0.2) is 24.3 Å². The van der Waals surface area contributed by atoms with Crippen LogP contribution in [0, 0.1) is 0 Å². The van der Waals surface area contributed by atoms with E-state index in [1.165, 1.54) is 56.4 Å². The van der Waals surface area contributed by atoms with Crippen molar-refractivity contribution in [3.05, 3.63) is 29.8 Å². The molecule has 1 aliphatic rings. The molecule has 1 heterocycles. The summed E-state index contributed by atoms with van der Waals surface area (Å²) >= 11 is 0. The molecule has 0 aromatic heterocycles. The predicted octanol–water partition coefficient (Wildman–Crippen LogP) is 3.87. The van der Waals surface area contributed by atoms with Gasteiger partial charge in [-0.05, 0) is 37.3 Å². The van der Waals surface area contributed by atoms with Crippen LogP contribution in [0.5, 0.6) is 0 Å². The molecule has 100 valence electrons. The average Bonchev–Trinajstić information content (AvgIpc) is 2.45. The van der Waals surface area contributed by atoms with E-state index in [9.17, 15) is 0 Å². The molecule has 0 saturated carbocycles. The SMILES string of the molecule is CCCC[C@H](N)c1ccccc1N1CCCCC1. The molecule has 0 unspecified atom stereocenters. The van der Waals surface area contributed by atoms with Gasteiger partial charge in [0.1, 0.15) is 0 Å². The van der Waals surface area contributed by atoms with E-state index in [4.69, 9.17) is 5.73 Å². The molecule has 0 spiro atoms. The van der Waals surface area contributed by atoms with Crippen LogP contribution in [-0.4, -0.2) is 13.1 Å². The maximum absolute atomic E-state index is 6.36. The van der Waals surface area contributed by atoms with Crippen LogP contribution in [0.25, 0.3) is 0 Å². The van der Waals surface area contributed by atoms with Gasteiger partial charge in [-0.1, -0.05) is 38.0 Å². The highest BCUT2D eigenvalue weighted by Crippen LogP contribution is 2.29. The van der Waals surface area contributed by atoms with E-state index in [2.05, 4.69) is 36.1 Å². The maximum atomic E-state index is 6.36. The molecule has 0 radical (unpaired) electrons. The fourth-order valence-electron chi connectivity index (χ4n) is 2.80. The molecule has 2 rings (SSSR count). The Morgan fingerprint density at radius 1 is 1.17 bits per heavy atom. The Bertz CT molecular complexity index is 356. The Morgan fingerprint density at radius 3 is 2.61 bits per heavy atom. The van der Waals surface area contributed by atoms with E-state index in [0.29, 0.717) is 0 Å². The molecule has 1 fully saturated rings. The molecule has 1 atom stereocenters. The van der Waals surface area contributed by atoms with E-state index < -0.39 is 0 Å². The van der Waals surface area contributed by atoms with Crippen molar-refractivity contribution >= 4 is 5.69 Å². The van der Waals surface area contributed by atoms with Crippen molar-refractivity contribution < 1.29 is 0 Å². The van der Waals surface area contributed by atoms with E-state index in [1.54, 1.807) is 0 Å². The Kier molecular flexibility index (Phi) is 5.06. The quantitative estimate of drug-likeness (QED) is 0.854. The molecule has 2 N–H and O–H groups in total. The number of nitrogens with two attached hydrogens (primary N) is 1. The molecular formula is C16H26N2. The third-order valence-electron chi connectivity index (χ3n) is 3.90. The van der Waals surface area contributed by atoms with Crippen molar-refractivity contribution in [2.75, 3.05) is 18.0 Å². The van der Waals surface area contributed by atoms with Crippen molar-refractivity contribution in [3.63, 3.8) is 0 Å². The molecule has 1 saturated heterocycles. The lowest BCUT2D eigenvalue weighted by atomic mass is 9.98. The monoisotopic (exact) mass is 246 g/mol. The minimum absolute atomic E-state index is 0.197. The lowest BCUT2D eigenvalue weighted by molar-refractivity contribution is 0.566. The minimum Gasteiger partial charge on any atom is -0.371 e. The molecule has 0 amide bonds. The first-order chi connectivity index (χ1) is 8.83. The van der Waals surface area contributed by atoms with E-state index in [-0.39, 0.29) is 6.04 Å². The summed E-state index contributed by atoms with van der Waals surface area (Å²) in [5, 5.41) is 0. The fraction of sp³-hybridized carbons (Fsp3) is 0.625. The summed E-state index contributed by atoms with van der Waals surface area (Å²) in [6, 6.07) is 8.91. The van der Waals surface area contributed by atoms with Crippen LogP contribution >= 0.6 is 0 Å². The first-order valence-electron chi connectivity index (χ1n) is 7.42. The van der Waals surface area contributed by atoms with Gasteiger partial charge in [0.15, 0.2) is 0 Å². The fourth-order valence-corrected chi connectivity index (χ4v) is 2.80. The van der Waals surface area contributed by atoms with Gasteiger partial charge >= 0.3 is 0 Å². The molecule has 0 aliphatic carbocycles. The standard InChI is InChI=1S/C16H26N2/c1-2-3-10-15(17)14-9-5-6-11-16(14)18-12-7-4-8-13-18/h5-6,9,11,15H,2-4,7-8,10,12-13,17H2,1H3/t15-/m0/s1. The third kappa shape index (κ3) is 3.26. The molecular weight excluding hydrogens is 220 g/mol. The van der Waals surface area contributed by atoms with E-state index in [1.807, 2.05) is 0 Å². The van der Waals surface area contributed by atoms with Crippen LogP contribution < -0.4 is 10.6 Å². The van der Waals surface area contributed by atoms with Crippen molar-refractivity contribution in [1.82, 2.24) is 0 Å². The summed E-state index contributed by atoms with van der Waals surface area (Å²) in [7, 11) is 0. The van der Waals surface area contributed by atoms with Gasteiger partial charge in [0.05, 0.1) is 0 Å². The average molecular weight is 246 g/mol. The zero-order valence-corrected chi connectivity index (χ0v) is 11.6. The Labute approximate surface area is 111 Å². The second-order valence-corrected chi connectivity index (χ2v) is 5.36. The van der Waals surface area contributed by atoms with Crippen molar-refractivity contribution in [1.29, 1.82) is 0 Å². The summed E-state index contributed by atoms with van der Waals surface area (Å²) in [4.78, 5) is 2.52. The zero-order chi connectivity index (χ0) is 12.8. The number of hydrogen-bond donors (Lipinski definition) is 1. The van der Waals surface area contributed by atoms with Crippen LogP contribution in [0.1, 0.15) is 57.1 Å². The van der Waals surface area contributed by atoms with Gasteiger partial charge in [-0.25, -0.2) is 0 Å². The number of anilines is 1. The molecule has 2 heteroatoms. The molecule has 1 aromatic carbocycles. The predicted molar refractivity (Wildman–Crippen MR) is 79.0 cm³/mol. The van der Waals surface area contributed by atoms with Gasteiger partial charge in [0, 0.05) is 24.8 Å². The molecule has 1 aliphatic heterocycles. The Hall–Kier alpha value is -1.02. The van der Waals surface area contributed by atoms with Gasteiger partial charge in [0.2, 0.25) is 0 Å². The van der Waals surface area contributed by atoms with Gasteiger partial charge < -0.3 is 10.6 Å². The first-order valence-corrected chi connectivity index (χ1v) is 7.42. The number of benzene rings is 1. The van der Waals surface area contributed by atoms with Crippen molar-refractivity contribution in [2.45, 2.75) is 51.5 Å². The van der Waals surface area contributed by atoms with E-state index in [0.717, 1.165) is 6.42 Å². The highest BCUT2D eigenvalue weighted by atomic mass is 15.1. The van der Waals surface area contributed by atoms with Gasteiger partial charge in [-0.15, -0.1) is 0 Å². The zero-order valence-electron chi connectivity index (χ0n) is 11.6. The van der Waals surface area contributed by atoms with Gasteiger partial charge in [-0.3, -0.25) is 0 Å². The number of nitrogens with zero attached hydrogens (tertiary/aromatic N) is 1. The molecule has 18 heavy (non-hydrogen) atoms. The topological polar surface area (TPSA) is 29.3 Å². The van der Waals surface area contributed by atoms with Crippen LogP contribution in [0.2, 0.25) is 0 Å². The first kappa shape index (κ1) is 13.4. The maximum Gasteiger partial charge on any atom is 0.0414 e. The molecule has 0 bridgehead atoms. The van der Waals surface area contributed by atoms with E-state index >= 15 is 0 Å². The van der Waals surface area contributed by atoms with Gasteiger partial charge in [-0.2, -0.15) is 0 Å². The van der Waals surface area contributed by atoms with Crippen LogP contribution in [0.3, 0.4) is 0 Å². The number of para-hydroxylation sites is 1. The number of unbranched alkanes of at least 4 members (excludes halogenated alkanes) is 1.